The van der Waals surface area contributed by atoms with Gasteiger partial charge in [0.25, 0.3) is 5.91 Å². The van der Waals surface area contributed by atoms with Crippen molar-refractivity contribution in [2.75, 3.05) is 5.32 Å². The second kappa shape index (κ2) is 7.17. The number of aryl methyl sites for hydroxylation is 1. The largest absolute Gasteiger partial charge is 0.326 e. The molecule has 0 heterocycles. The van der Waals surface area contributed by atoms with Gasteiger partial charge in [-0.05, 0) is 36.8 Å². The molecular weight excluding hydrogens is 278 g/mol. The lowest BCUT2D eigenvalue weighted by atomic mass is 10.1. The molecule has 0 saturated carbocycles. The molecule has 5 heteroatoms. The molecule has 0 fully saturated rings. The van der Waals surface area contributed by atoms with Gasteiger partial charge in [-0.15, -0.1) is 0 Å². The van der Waals surface area contributed by atoms with Crippen molar-refractivity contribution in [2.24, 2.45) is 5.10 Å². The monoisotopic (exact) mass is 295 g/mol. The lowest BCUT2D eigenvalue weighted by molar-refractivity contribution is -0.114. The predicted molar refractivity (Wildman–Crippen MR) is 87.0 cm³/mol. The Morgan fingerprint density at radius 2 is 1.64 bits per heavy atom. The molecule has 0 unspecified atom stereocenters. The van der Waals surface area contributed by atoms with Crippen LogP contribution in [0.5, 0.6) is 0 Å². The number of amides is 2. The standard InChI is InChI=1S/C17H17N3O2/c1-12-3-7-15(8-4-12)17(22)20-18-11-14-5-9-16(10-6-14)19-13(2)21/h3-11H,1-2H3,(H,19,21)(H,20,22)/b18-11-. The average molecular weight is 295 g/mol. The zero-order valence-electron chi connectivity index (χ0n) is 12.5. The average Bonchev–Trinajstić information content (AvgIpc) is 2.49. The second-order valence-corrected chi connectivity index (χ2v) is 4.87. The first-order chi connectivity index (χ1) is 10.5. The van der Waals surface area contributed by atoms with Crippen molar-refractivity contribution >= 4 is 23.7 Å². The summed E-state index contributed by atoms with van der Waals surface area (Å²) in [5, 5.41) is 6.60. The molecule has 0 atom stereocenters. The number of hydrogen-bond acceptors (Lipinski definition) is 3. The van der Waals surface area contributed by atoms with Gasteiger partial charge in [-0.2, -0.15) is 5.10 Å². The number of hydrogen-bond donors (Lipinski definition) is 2. The molecule has 0 aromatic heterocycles. The SMILES string of the molecule is CC(=O)Nc1ccc(/C=N\NC(=O)c2ccc(C)cc2)cc1. The highest BCUT2D eigenvalue weighted by molar-refractivity contribution is 5.95. The van der Waals surface area contributed by atoms with Gasteiger partial charge in [0.05, 0.1) is 6.21 Å². The maximum Gasteiger partial charge on any atom is 0.271 e. The van der Waals surface area contributed by atoms with Crippen LogP contribution in [0, 0.1) is 6.92 Å². The van der Waals surface area contributed by atoms with Crippen LogP contribution in [0.2, 0.25) is 0 Å². The highest BCUT2D eigenvalue weighted by Gasteiger charge is 2.02. The van der Waals surface area contributed by atoms with Gasteiger partial charge in [-0.1, -0.05) is 29.8 Å². The summed E-state index contributed by atoms with van der Waals surface area (Å²) >= 11 is 0. The fraction of sp³-hybridized carbons (Fsp3) is 0.118. The van der Waals surface area contributed by atoms with Gasteiger partial charge in [0, 0.05) is 18.2 Å². The van der Waals surface area contributed by atoms with E-state index in [0.29, 0.717) is 11.3 Å². The van der Waals surface area contributed by atoms with Gasteiger partial charge in [0.15, 0.2) is 0 Å². The minimum absolute atomic E-state index is 0.119. The fourth-order valence-electron chi connectivity index (χ4n) is 1.79. The van der Waals surface area contributed by atoms with Crippen LogP contribution in [0.15, 0.2) is 53.6 Å². The molecule has 22 heavy (non-hydrogen) atoms. The number of benzene rings is 2. The van der Waals surface area contributed by atoms with Gasteiger partial charge < -0.3 is 5.32 Å². The van der Waals surface area contributed by atoms with Crippen LogP contribution in [0.3, 0.4) is 0 Å². The molecule has 0 aliphatic carbocycles. The Bertz CT molecular complexity index is 689. The van der Waals surface area contributed by atoms with E-state index in [-0.39, 0.29) is 11.8 Å². The predicted octanol–water partition coefficient (Wildman–Crippen LogP) is 2.72. The first kappa shape index (κ1) is 15.4. The van der Waals surface area contributed by atoms with Crippen molar-refractivity contribution in [3.63, 3.8) is 0 Å². The third kappa shape index (κ3) is 4.56. The van der Waals surface area contributed by atoms with Crippen molar-refractivity contribution in [2.45, 2.75) is 13.8 Å². The maximum absolute atomic E-state index is 11.8. The number of rotatable bonds is 4. The van der Waals surface area contributed by atoms with Crippen LogP contribution in [0.25, 0.3) is 0 Å². The lowest BCUT2D eigenvalue weighted by Crippen LogP contribution is -2.17. The first-order valence-electron chi connectivity index (χ1n) is 6.82. The third-order valence-electron chi connectivity index (χ3n) is 2.92. The quantitative estimate of drug-likeness (QED) is 0.672. The van der Waals surface area contributed by atoms with E-state index in [9.17, 15) is 9.59 Å². The molecular formula is C17H17N3O2. The number of carbonyl (C=O) groups is 2. The number of carbonyl (C=O) groups excluding carboxylic acids is 2. The summed E-state index contributed by atoms with van der Waals surface area (Å²) in [4.78, 5) is 22.8. The lowest BCUT2D eigenvalue weighted by Gasteiger charge is -2.02. The van der Waals surface area contributed by atoms with E-state index in [1.54, 1.807) is 42.6 Å². The maximum atomic E-state index is 11.8. The summed E-state index contributed by atoms with van der Waals surface area (Å²) < 4.78 is 0. The molecule has 0 spiro atoms. The Balaban J connectivity index is 1.93. The van der Waals surface area contributed by atoms with E-state index in [2.05, 4.69) is 15.8 Å². The van der Waals surface area contributed by atoms with Gasteiger partial charge >= 0.3 is 0 Å². The third-order valence-corrected chi connectivity index (χ3v) is 2.92. The summed E-state index contributed by atoms with van der Waals surface area (Å²) in [5.41, 5.74) is 5.66. The topological polar surface area (TPSA) is 70.6 Å². The number of nitrogens with zero attached hydrogens (tertiary/aromatic N) is 1. The normalized spacial score (nSPS) is 10.5. The molecule has 2 amide bonds. The second-order valence-electron chi connectivity index (χ2n) is 4.87. The molecule has 2 aromatic carbocycles. The molecule has 2 aromatic rings. The van der Waals surface area contributed by atoms with E-state index in [4.69, 9.17) is 0 Å². The van der Waals surface area contributed by atoms with Gasteiger partial charge in [-0.3, -0.25) is 9.59 Å². The zero-order chi connectivity index (χ0) is 15.9. The van der Waals surface area contributed by atoms with Crippen molar-refractivity contribution in [3.05, 3.63) is 65.2 Å². The Morgan fingerprint density at radius 1 is 1.00 bits per heavy atom. The van der Waals surface area contributed by atoms with Crippen LogP contribution in [0.1, 0.15) is 28.4 Å². The van der Waals surface area contributed by atoms with Crippen LogP contribution in [-0.2, 0) is 4.79 Å². The molecule has 0 saturated heterocycles. The van der Waals surface area contributed by atoms with E-state index in [0.717, 1.165) is 11.1 Å². The smallest absolute Gasteiger partial charge is 0.271 e. The van der Waals surface area contributed by atoms with Crippen LogP contribution in [0.4, 0.5) is 5.69 Å². The molecule has 2 rings (SSSR count). The van der Waals surface area contributed by atoms with E-state index in [1.807, 2.05) is 19.1 Å². The van der Waals surface area contributed by atoms with Crippen LogP contribution >= 0.6 is 0 Å². The number of hydrazone groups is 1. The highest BCUT2D eigenvalue weighted by Crippen LogP contribution is 2.08. The van der Waals surface area contributed by atoms with Crippen molar-refractivity contribution < 1.29 is 9.59 Å². The molecule has 2 N–H and O–H groups in total. The van der Waals surface area contributed by atoms with Crippen LogP contribution < -0.4 is 10.7 Å². The number of nitrogens with one attached hydrogen (secondary N) is 2. The summed E-state index contributed by atoms with van der Waals surface area (Å²) in [7, 11) is 0. The fourth-order valence-corrected chi connectivity index (χ4v) is 1.79. The summed E-state index contributed by atoms with van der Waals surface area (Å²) in [6.07, 6.45) is 1.55. The Kier molecular flexibility index (Phi) is 5.03. The van der Waals surface area contributed by atoms with Gasteiger partial charge in [0.1, 0.15) is 0 Å². The van der Waals surface area contributed by atoms with Gasteiger partial charge in [-0.25, -0.2) is 5.43 Å². The van der Waals surface area contributed by atoms with Crippen molar-refractivity contribution in [1.82, 2.24) is 5.43 Å². The Hall–Kier alpha value is -2.95. The van der Waals surface area contributed by atoms with E-state index >= 15 is 0 Å². The Morgan fingerprint density at radius 3 is 2.23 bits per heavy atom. The van der Waals surface area contributed by atoms with Crippen molar-refractivity contribution in [3.8, 4) is 0 Å². The number of anilines is 1. The minimum Gasteiger partial charge on any atom is -0.326 e. The summed E-state index contributed by atoms with van der Waals surface area (Å²) in [6.45, 7) is 3.42. The zero-order valence-corrected chi connectivity index (χ0v) is 12.5. The van der Waals surface area contributed by atoms with Crippen molar-refractivity contribution in [1.29, 1.82) is 0 Å². The summed E-state index contributed by atoms with van der Waals surface area (Å²) in [6, 6.07) is 14.4. The highest BCUT2D eigenvalue weighted by atomic mass is 16.2. The van der Waals surface area contributed by atoms with E-state index in [1.165, 1.54) is 6.92 Å². The molecule has 0 aliphatic rings. The molecule has 0 aliphatic heterocycles. The summed E-state index contributed by atoms with van der Waals surface area (Å²) in [5.74, 6) is -0.377. The van der Waals surface area contributed by atoms with Gasteiger partial charge in [0.2, 0.25) is 5.91 Å². The molecule has 0 bridgehead atoms. The molecule has 5 nitrogen and oxygen atoms in total. The van der Waals surface area contributed by atoms with E-state index < -0.39 is 0 Å². The van der Waals surface area contributed by atoms with Crippen LogP contribution in [-0.4, -0.2) is 18.0 Å². The molecule has 0 radical (unpaired) electrons. The molecule has 112 valence electrons. The minimum atomic E-state index is -0.258. The first-order valence-corrected chi connectivity index (χ1v) is 6.82. The Labute approximate surface area is 129 Å².